The summed E-state index contributed by atoms with van der Waals surface area (Å²) < 4.78 is 61.3. The third-order valence-corrected chi connectivity index (χ3v) is 6.05. The van der Waals surface area contributed by atoms with Crippen LogP contribution in [0.5, 0.6) is 11.5 Å². The van der Waals surface area contributed by atoms with Gasteiger partial charge in [0.25, 0.3) is 0 Å². The van der Waals surface area contributed by atoms with Crippen LogP contribution in [0, 0.1) is 30.0 Å². The molecule has 0 aliphatic rings. The minimum absolute atomic E-state index is 0.102. The average molecular weight is 485 g/mol. The Hall–Kier alpha value is -4.31. The molecule has 0 aliphatic carbocycles. The summed E-state index contributed by atoms with van der Waals surface area (Å²) >= 11 is 0. The number of nitriles is 1. The van der Waals surface area contributed by atoms with Crippen LogP contribution >= 0.6 is 0 Å². The van der Waals surface area contributed by atoms with Crippen LogP contribution in [0.15, 0.2) is 42.5 Å². The van der Waals surface area contributed by atoms with Gasteiger partial charge in [0.05, 0.1) is 17.1 Å². The van der Waals surface area contributed by atoms with Crippen LogP contribution < -0.4 is 14.8 Å². The molecule has 0 saturated heterocycles. The highest BCUT2D eigenvalue weighted by atomic mass is 32.2. The predicted molar refractivity (Wildman–Crippen MR) is 120 cm³/mol. The zero-order chi connectivity index (χ0) is 24.5. The van der Waals surface area contributed by atoms with Gasteiger partial charge in [0, 0.05) is 17.3 Å². The van der Waals surface area contributed by atoms with Crippen molar-refractivity contribution in [1.29, 1.82) is 5.26 Å². The van der Waals surface area contributed by atoms with Gasteiger partial charge in [-0.3, -0.25) is 10.0 Å². The van der Waals surface area contributed by atoms with E-state index in [4.69, 9.17) is 10.00 Å². The third-order valence-electron chi connectivity index (χ3n) is 4.74. The summed E-state index contributed by atoms with van der Waals surface area (Å²) in [5.41, 5.74) is 1.28. The molecule has 174 valence electrons. The Bertz CT molecular complexity index is 1550. The van der Waals surface area contributed by atoms with Gasteiger partial charge in [0.2, 0.25) is 15.7 Å². The van der Waals surface area contributed by atoms with Crippen LogP contribution in [-0.4, -0.2) is 34.0 Å². The number of nitrogens with zero attached hydrogens (tertiary/aromatic N) is 5. The third kappa shape index (κ3) is 4.57. The summed E-state index contributed by atoms with van der Waals surface area (Å²) in [6.07, 6.45) is 1.81. The minimum Gasteiger partial charge on any atom is -0.454 e. The van der Waals surface area contributed by atoms with E-state index in [0.29, 0.717) is 11.9 Å². The van der Waals surface area contributed by atoms with Gasteiger partial charge in [-0.05, 0) is 50.2 Å². The van der Waals surface area contributed by atoms with E-state index in [1.165, 1.54) is 35.7 Å². The number of hydrogen-bond donors (Lipinski definition) is 2. The maximum absolute atomic E-state index is 14.3. The smallest absolute Gasteiger partial charge is 0.232 e. The predicted octanol–water partition coefficient (Wildman–Crippen LogP) is 3.82. The highest BCUT2D eigenvalue weighted by molar-refractivity contribution is 7.92. The van der Waals surface area contributed by atoms with Crippen molar-refractivity contribution < 1.29 is 21.9 Å². The number of fused-ring (bicyclic) bond motifs is 1. The first-order chi connectivity index (χ1) is 16.2. The molecule has 0 atom stereocenters. The Balaban J connectivity index is 1.91. The maximum atomic E-state index is 14.3. The highest BCUT2D eigenvalue weighted by Crippen LogP contribution is 2.37. The molecule has 10 nitrogen and oxygen atoms in total. The molecule has 0 aliphatic heterocycles. The molecule has 4 rings (SSSR count). The van der Waals surface area contributed by atoms with Crippen LogP contribution in [0.4, 0.5) is 20.2 Å². The monoisotopic (exact) mass is 485 g/mol. The van der Waals surface area contributed by atoms with Crippen molar-refractivity contribution in [3.63, 3.8) is 0 Å². The first kappa shape index (κ1) is 22.9. The Morgan fingerprint density at radius 1 is 1.12 bits per heavy atom. The van der Waals surface area contributed by atoms with Crippen molar-refractivity contribution in [3.05, 3.63) is 59.9 Å². The van der Waals surface area contributed by atoms with Gasteiger partial charge in [-0.1, -0.05) is 0 Å². The fourth-order valence-corrected chi connectivity index (χ4v) is 3.71. The van der Waals surface area contributed by atoms with Crippen molar-refractivity contribution in [3.8, 4) is 28.9 Å². The molecule has 2 aromatic carbocycles. The fraction of sp³-hybridized carbons (Fsp3) is 0.143. The van der Waals surface area contributed by atoms with Gasteiger partial charge in [-0.2, -0.15) is 14.9 Å². The molecular weight excluding hydrogens is 468 g/mol. The van der Waals surface area contributed by atoms with Gasteiger partial charge in [-0.15, -0.1) is 10.2 Å². The molecule has 4 aromatic rings. The summed E-state index contributed by atoms with van der Waals surface area (Å²) in [4.78, 5) is 0. The van der Waals surface area contributed by atoms with Crippen molar-refractivity contribution in [2.24, 2.45) is 0 Å². The lowest BCUT2D eigenvalue weighted by molar-refractivity contribution is 0.439. The van der Waals surface area contributed by atoms with Gasteiger partial charge >= 0.3 is 0 Å². The largest absolute Gasteiger partial charge is 0.454 e. The SMILES string of the molecule is CCS(=O)(=O)Nc1ccc(Oc2ccc(F)cc2F)c(-c2cc(NC#N)c3nnc(C)n3n2)c1. The molecule has 0 radical (unpaired) electrons. The zero-order valence-corrected chi connectivity index (χ0v) is 18.7. The Morgan fingerprint density at radius 2 is 1.88 bits per heavy atom. The first-order valence-corrected chi connectivity index (χ1v) is 11.5. The van der Waals surface area contributed by atoms with Gasteiger partial charge in [-0.25, -0.2) is 17.2 Å². The standard InChI is InChI=1S/C21H17F2N7O3S/c1-3-34(31,32)29-14-5-7-19(33-20-6-4-13(22)8-16(20)23)15(9-14)17-10-18(25-11-24)21-27-26-12(2)30(21)28-17/h4-10,25,29H,3H2,1-2H3. The molecule has 0 unspecified atom stereocenters. The second-order valence-electron chi connectivity index (χ2n) is 7.06. The number of benzene rings is 2. The van der Waals surface area contributed by atoms with E-state index in [9.17, 15) is 17.2 Å². The number of anilines is 2. The van der Waals surface area contributed by atoms with Gasteiger partial charge in [0.1, 0.15) is 11.6 Å². The van der Waals surface area contributed by atoms with E-state index in [2.05, 4.69) is 25.3 Å². The molecule has 2 aromatic heterocycles. The van der Waals surface area contributed by atoms with Crippen molar-refractivity contribution >= 4 is 27.0 Å². The van der Waals surface area contributed by atoms with Crippen LogP contribution in [0.3, 0.4) is 0 Å². The molecular formula is C21H17F2N7O3S. The van der Waals surface area contributed by atoms with E-state index in [0.717, 1.165) is 12.1 Å². The van der Waals surface area contributed by atoms with Crippen molar-refractivity contribution in [2.75, 3.05) is 15.8 Å². The molecule has 2 N–H and O–H groups in total. The Labute approximate surface area is 192 Å². The summed E-state index contributed by atoms with van der Waals surface area (Å²) in [5, 5.41) is 24.1. The van der Waals surface area contributed by atoms with E-state index in [-0.39, 0.29) is 45.5 Å². The lowest BCUT2D eigenvalue weighted by Crippen LogP contribution is -2.14. The number of aromatic nitrogens is 4. The first-order valence-electron chi connectivity index (χ1n) is 9.86. The van der Waals surface area contributed by atoms with E-state index in [1.807, 2.05) is 6.19 Å². The van der Waals surface area contributed by atoms with Crippen molar-refractivity contribution in [1.82, 2.24) is 19.8 Å². The lowest BCUT2D eigenvalue weighted by atomic mass is 10.1. The number of hydrogen-bond acceptors (Lipinski definition) is 8. The summed E-state index contributed by atoms with van der Waals surface area (Å²) in [7, 11) is -3.60. The lowest BCUT2D eigenvalue weighted by Gasteiger charge is -2.15. The molecule has 0 saturated carbocycles. The normalized spacial score (nSPS) is 11.3. The number of nitrogens with one attached hydrogen (secondary N) is 2. The summed E-state index contributed by atoms with van der Waals surface area (Å²) in [5.74, 6) is -1.56. The summed E-state index contributed by atoms with van der Waals surface area (Å²) in [6, 6.07) is 8.66. The highest BCUT2D eigenvalue weighted by Gasteiger charge is 2.18. The second-order valence-corrected chi connectivity index (χ2v) is 9.07. The maximum Gasteiger partial charge on any atom is 0.232 e. The van der Waals surface area contributed by atoms with E-state index in [1.54, 1.807) is 6.92 Å². The van der Waals surface area contributed by atoms with Crippen LogP contribution in [0.1, 0.15) is 12.7 Å². The molecule has 34 heavy (non-hydrogen) atoms. The Kier molecular flexibility index (Phi) is 5.99. The van der Waals surface area contributed by atoms with Crippen LogP contribution in [0.25, 0.3) is 16.9 Å². The molecule has 0 spiro atoms. The molecule has 0 amide bonds. The van der Waals surface area contributed by atoms with Crippen LogP contribution in [-0.2, 0) is 10.0 Å². The minimum atomic E-state index is -3.60. The quantitative estimate of drug-likeness (QED) is 0.298. The number of halogens is 2. The number of sulfonamides is 1. The van der Waals surface area contributed by atoms with Gasteiger partial charge < -0.3 is 4.74 Å². The van der Waals surface area contributed by atoms with Crippen molar-refractivity contribution in [2.45, 2.75) is 13.8 Å². The number of ether oxygens (including phenoxy) is 1. The zero-order valence-electron chi connectivity index (χ0n) is 17.9. The molecule has 0 bridgehead atoms. The fourth-order valence-electron chi connectivity index (χ4n) is 3.08. The molecule has 13 heteroatoms. The Morgan fingerprint density at radius 3 is 2.59 bits per heavy atom. The average Bonchev–Trinajstić information content (AvgIpc) is 3.17. The number of rotatable bonds is 7. The van der Waals surface area contributed by atoms with Crippen LogP contribution in [0.2, 0.25) is 0 Å². The molecule has 2 heterocycles. The number of aryl methyl sites for hydroxylation is 1. The van der Waals surface area contributed by atoms with Gasteiger partial charge in [0.15, 0.2) is 23.6 Å². The van der Waals surface area contributed by atoms with E-state index >= 15 is 0 Å². The summed E-state index contributed by atoms with van der Waals surface area (Å²) in [6.45, 7) is 3.15. The molecule has 0 fully saturated rings. The second kappa shape index (κ2) is 8.91. The topological polar surface area (TPSA) is 134 Å². The van der Waals surface area contributed by atoms with E-state index < -0.39 is 21.7 Å².